The first-order valence-corrected chi connectivity index (χ1v) is 9.96. The number of hydrogen-bond donors (Lipinski definition) is 1. The van der Waals surface area contributed by atoms with Gasteiger partial charge in [-0.25, -0.2) is 0 Å². The summed E-state index contributed by atoms with van der Waals surface area (Å²) in [5, 5.41) is 8.69. The Labute approximate surface area is 140 Å². The standard InChI is InChI=1S/C21H40O/c1-2-3-4-5-6-7-8-9-10-11-12-13-14-15-16-17-18-19-20-21-22/h1,22H,3-21H2. The minimum absolute atomic E-state index is 0.367. The SMILES string of the molecule is C#CCCCCCCCCCCCCCCCCCCCO. The molecule has 0 rings (SSSR count). The molecule has 0 aromatic rings. The van der Waals surface area contributed by atoms with Crippen LogP contribution in [0.15, 0.2) is 0 Å². The fourth-order valence-electron chi connectivity index (χ4n) is 2.99. The smallest absolute Gasteiger partial charge is 0.0431 e. The van der Waals surface area contributed by atoms with Gasteiger partial charge in [-0.2, -0.15) is 0 Å². The summed E-state index contributed by atoms with van der Waals surface area (Å²) in [5.74, 6) is 2.71. The molecule has 0 atom stereocenters. The van der Waals surface area contributed by atoms with Gasteiger partial charge in [-0.15, -0.1) is 12.3 Å². The number of aliphatic hydroxyl groups excluding tert-OH is 1. The predicted molar refractivity (Wildman–Crippen MR) is 99.0 cm³/mol. The van der Waals surface area contributed by atoms with Crippen molar-refractivity contribution in [2.75, 3.05) is 6.61 Å². The largest absolute Gasteiger partial charge is 0.396 e. The van der Waals surface area contributed by atoms with Crippen molar-refractivity contribution in [3.63, 3.8) is 0 Å². The van der Waals surface area contributed by atoms with Crippen LogP contribution < -0.4 is 0 Å². The molecule has 0 amide bonds. The van der Waals surface area contributed by atoms with Crippen LogP contribution in [0.3, 0.4) is 0 Å². The van der Waals surface area contributed by atoms with Crippen LogP contribution in [0.1, 0.15) is 116 Å². The van der Waals surface area contributed by atoms with Crippen LogP contribution in [-0.4, -0.2) is 11.7 Å². The average molecular weight is 309 g/mol. The lowest BCUT2D eigenvalue weighted by molar-refractivity contribution is 0.282. The topological polar surface area (TPSA) is 20.2 Å². The summed E-state index contributed by atoms with van der Waals surface area (Å²) < 4.78 is 0. The second-order valence-corrected chi connectivity index (χ2v) is 6.69. The molecule has 0 aromatic carbocycles. The molecule has 0 heterocycles. The van der Waals surface area contributed by atoms with Crippen molar-refractivity contribution in [3.8, 4) is 12.3 Å². The monoisotopic (exact) mass is 308 g/mol. The molecule has 1 nitrogen and oxygen atoms in total. The molecule has 1 heteroatoms. The minimum Gasteiger partial charge on any atom is -0.396 e. The molecule has 0 radical (unpaired) electrons. The number of aliphatic hydroxyl groups is 1. The van der Waals surface area contributed by atoms with Gasteiger partial charge < -0.3 is 5.11 Å². The summed E-state index contributed by atoms with van der Waals surface area (Å²) in [6.45, 7) is 0.367. The second-order valence-electron chi connectivity index (χ2n) is 6.69. The zero-order chi connectivity index (χ0) is 16.1. The summed E-state index contributed by atoms with van der Waals surface area (Å²) in [6, 6.07) is 0. The van der Waals surface area contributed by atoms with Crippen molar-refractivity contribution in [2.24, 2.45) is 0 Å². The Morgan fingerprint density at radius 3 is 1.00 bits per heavy atom. The molecular weight excluding hydrogens is 268 g/mol. The van der Waals surface area contributed by atoms with Gasteiger partial charge in [0.2, 0.25) is 0 Å². The molecule has 0 spiro atoms. The van der Waals surface area contributed by atoms with Crippen molar-refractivity contribution in [1.82, 2.24) is 0 Å². The van der Waals surface area contributed by atoms with Crippen LogP contribution in [0.5, 0.6) is 0 Å². The van der Waals surface area contributed by atoms with E-state index in [0.717, 1.165) is 12.8 Å². The Hall–Kier alpha value is -0.480. The summed E-state index contributed by atoms with van der Waals surface area (Å²) >= 11 is 0. The van der Waals surface area contributed by atoms with Crippen LogP contribution in [0.25, 0.3) is 0 Å². The highest BCUT2D eigenvalue weighted by Crippen LogP contribution is 2.14. The van der Waals surface area contributed by atoms with Crippen LogP contribution in [0.4, 0.5) is 0 Å². The van der Waals surface area contributed by atoms with Gasteiger partial charge in [0, 0.05) is 13.0 Å². The fourth-order valence-corrected chi connectivity index (χ4v) is 2.99. The molecule has 0 aliphatic heterocycles. The molecule has 22 heavy (non-hydrogen) atoms. The zero-order valence-electron chi connectivity index (χ0n) is 15.0. The van der Waals surface area contributed by atoms with Gasteiger partial charge in [0.05, 0.1) is 0 Å². The molecule has 1 N–H and O–H groups in total. The van der Waals surface area contributed by atoms with Gasteiger partial charge in [0.15, 0.2) is 0 Å². The Kier molecular flexibility index (Phi) is 20.1. The molecule has 0 unspecified atom stereocenters. The van der Waals surface area contributed by atoms with Crippen molar-refractivity contribution < 1.29 is 5.11 Å². The molecule has 0 aliphatic rings. The molecule has 0 saturated heterocycles. The number of unbranched alkanes of at least 4 members (excludes halogenated alkanes) is 17. The first-order chi connectivity index (χ1) is 10.9. The summed E-state index contributed by atoms with van der Waals surface area (Å²) in [7, 11) is 0. The maximum Gasteiger partial charge on any atom is 0.0431 e. The molecule has 0 aliphatic carbocycles. The van der Waals surface area contributed by atoms with Crippen molar-refractivity contribution in [3.05, 3.63) is 0 Å². The molecule has 0 bridgehead atoms. The van der Waals surface area contributed by atoms with E-state index in [9.17, 15) is 0 Å². The van der Waals surface area contributed by atoms with Crippen LogP contribution in [-0.2, 0) is 0 Å². The van der Waals surface area contributed by atoms with Gasteiger partial charge >= 0.3 is 0 Å². The highest BCUT2D eigenvalue weighted by atomic mass is 16.2. The van der Waals surface area contributed by atoms with Crippen molar-refractivity contribution in [2.45, 2.75) is 116 Å². The van der Waals surface area contributed by atoms with Crippen LogP contribution in [0.2, 0.25) is 0 Å². The molecule has 130 valence electrons. The number of rotatable bonds is 18. The van der Waals surface area contributed by atoms with E-state index < -0.39 is 0 Å². The van der Waals surface area contributed by atoms with Gasteiger partial charge in [-0.1, -0.05) is 96.3 Å². The van der Waals surface area contributed by atoms with Gasteiger partial charge in [-0.05, 0) is 12.8 Å². The van der Waals surface area contributed by atoms with E-state index in [4.69, 9.17) is 11.5 Å². The predicted octanol–water partition coefficient (Wildman–Crippen LogP) is 6.63. The third-order valence-electron chi connectivity index (χ3n) is 4.48. The Morgan fingerprint density at radius 2 is 0.727 bits per heavy atom. The van der Waals surface area contributed by atoms with Gasteiger partial charge in [0.1, 0.15) is 0 Å². The number of hydrogen-bond acceptors (Lipinski definition) is 1. The quantitative estimate of drug-likeness (QED) is 0.222. The number of terminal acetylenes is 1. The summed E-state index contributed by atoms with van der Waals surface area (Å²) in [6.07, 6.45) is 29.2. The van der Waals surface area contributed by atoms with Crippen LogP contribution >= 0.6 is 0 Å². The van der Waals surface area contributed by atoms with Gasteiger partial charge in [0.25, 0.3) is 0 Å². The highest BCUT2D eigenvalue weighted by molar-refractivity contribution is 4.82. The second kappa shape index (κ2) is 20.5. The fraction of sp³-hybridized carbons (Fsp3) is 0.905. The van der Waals surface area contributed by atoms with E-state index in [1.54, 1.807) is 0 Å². The lowest BCUT2D eigenvalue weighted by atomic mass is 10.0. The molecule has 0 saturated carbocycles. The third-order valence-corrected chi connectivity index (χ3v) is 4.48. The Balaban J connectivity index is 2.93. The summed E-state index contributed by atoms with van der Waals surface area (Å²) in [5.41, 5.74) is 0. The Bertz CT molecular complexity index is 229. The van der Waals surface area contributed by atoms with Gasteiger partial charge in [-0.3, -0.25) is 0 Å². The normalized spacial score (nSPS) is 10.7. The van der Waals surface area contributed by atoms with E-state index in [1.165, 1.54) is 103 Å². The average Bonchev–Trinajstić information content (AvgIpc) is 2.54. The highest BCUT2D eigenvalue weighted by Gasteiger charge is 1.94. The maximum absolute atomic E-state index is 8.69. The van der Waals surface area contributed by atoms with E-state index in [2.05, 4.69) is 5.92 Å². The molecule has 0 aromatic heterocycles. The first kappa shape index (κ1) is 21.5. The molecule has 0 fully saturated rings. The van der Waals surface area contributed by atoms with Crippen molar-refractivity contribution in [1.29, 1.82) is 0 Å². The maximum atomic E-state index is 8.69. The van der Waals surface area contributed by atoms with E-state index >= 15 is 0 Å². The first-order valence-electron chi connectivity index (χ1n) is 9.96. The minimum atomic E-state index is 0.367. The zero-order valence-corrected chi connectivity index (χ0v) is 15.0. The summed E-state index contributed by atoms with van der Waals surface area (Å²) in [4.78, 5) is 0. The Morgan fingerprint density at radius 1 is 0.455 bits per heavy atom. The van der Waals surface area contributed by atoms with E-state index in [0.29, 0.717) is 6.61 Å². The molecular formula is C21H40O. The van der Waals surface area contributed by atoms with Crippen LogP contribution in [0, 0.1) is 12.3 Å². The van der Waals surface area contributed by atoms with Crippen molar-refractivity contribution >= 4 is 0 Å². The van der Waals surface area contributed by atoms with E-state index in [1.807, 2.05) is 0 Å². The lowest BCUT2D eigenvalue weighted by Gasteiger charge is -2.03. The van der Waals surface area contributed by atoms with E-state index in [-0.39, 0.29) is 0 Å². The lowest BCUT2D eigenvalue weighted by Crippen LogP contribution is -1.85. The third kappa shape index (κ3) is 19.5.